The highest BCUT2D eigenvalue weighted by atomic mass is 16.5. The van der Waals surface area contributed by atoms with Crippen LogP contribution in [-0.2, 0) is 17.9 Å². The number of rotatable bonds is 5. The van der Waals surface area contributed by atoms with Gasteiger partial charge in [-0.1, -0.05) is 30.3 Å². The molecular formula is C24H26N2O5. The first kappa shape index (κ1) is 19.8. The number of fused-ring (bicyclic) bond motifs is 3. The molecular weight excluding hydrogens is 396 g/mol. The van der Waals surface area contributed by atoms with Crippen molar-refractivity contribution in [1.82, 2.24) is 9.47 Å². The van der Waals surface area contributed by atoms with Gasteiger partial charge in [-0.15, -0.1) is 0 Å². The Morgan fingerprint density at radius 2 is 1.90 bits per heavy atom. The highest BCUT2D eigenvalue weighted by Crippen LogP contribution is 2.47. The Kier molecular flexibility index (Phi) is 4.84. The van der Waals surface area contributed by atoms with Crippen molar-refractivity contribution in [2.75, 3.05) is 13.2 Å². The van der Waals surface area contributed by atoms with E-state index in [1.165, 1.54) is 6.20 Å². The monoisotopic (exact) mass is 422 g/mol. The molecule has 7 heteroatoms. The van der Waals surface area contributed by atoms with E-state index in [0.29, 0.717) is 12.5 Å². The second-order valence-corrected chi connectivity index (χ2v) is 8.76. The second-order valence-electron chi connectivity index (χ2n) is 8.76. The minimum atomic E-state index is -0.688. The van der Waals surface area contributed by atoms with E-state index < -0.39 is 11.4 Å². The molecule has 1 aromatic heterocycles. The Bertz CT molecular complexity index is 1080. The van der Waals surface area contributed by atoms with E-state index in [9.17, 15) is 14.4 Å². The summed E-state index contributed by atoms with van der Waals surface area (Å²) in [5.74, 6) is -0.398. The number of amides is 1. The number of pyridine rings is 1. The molecule has 162 valence electrons. The predicted molar refractivity (Wildman–Crippen MR) is 113 cm³/mol. The standard InChI is InChI=1S/C24H26N2O5/c1-2-30-23(29)18-13-25-15-24-10-8-16(9-11-24)12-26(24)22(28)19(25)21(20(18)27)31-14-17-6-4-3-5-7-17/h3-7,13,16H,2,8-12,14-15H2,1H3. The molecule has 0 N–H and O–H groups in total. The summed E-state index contributed by atoms with van der Waals surface area (Å²) in [6.07, 6.45) is 5.62. The lowest BCUT2D eigenvalue weighted by molar-refractivity contribution is -0.0391. The molecule has 7 nitrogen and oxygen atoms in total. The van der Waals surface area contributed by atoms with Crippen molar-refractivity contribution in [3.8, 4) is 5.75 Å². The Labute approximate surface area is 180 Å². The zero-order chi connectivity index (χ0) is 21.6. The largest absolute Gasteiger partial charge is 0.483 e. The number of ether oxygens (including phenoxy) is 2. The van der Waals surface area contributed by atoms with Gasteiger partial charge in [-0.05, 0) is 44.1 Å². The van der Waals surface area contributed by atoms with Gasteiger partial charge in [0.2, 0.25) is 5.43 Å². The van der Waals surface area contributed by atoms with Crippen LogP contribution in [0, 0.1) is 5.92 Å². The maximum atomic E-state index is 13.6. The van der Waals surface area contributed by atoms with Crippen LogP contribution >= 0.6 is 0 Å². The smallest absolute Gasteiger partial charge is 0.343 e. The summed E-state index contributed by atoms with van der Waals surface area (Å²) in [7, 11) is 0. The molecule has 6 rings (SSSR count). The summed E-state index contributed by atoms with van der Waals surface area (Å²) in [6, 6.07) is 9.44. The van der Waals surface area contributed by atoms with Gasteiger partial charge in [0.1, 0.15) is 12.2 Å². The average molecular weight is 422 g/mol. The topological polar surface area (TPSA) is 77.8 Å². The van der Waals surface area contributed by atoms with E-state index in [0.717, 1.165) is 37.8 Å². The van der Waals surface area contributed by atoms with E-state index in [2.05, 4.69) is 0 Å². The highest BCUT2D eigenvalue weighted by molar-refractivity contribution is 5.98. The van der Waals surface area contributed by atoms with Crippen LogP contribution < -0.4 is 10.2 Å². The zero-order valence-electron chi connectivity index (χ0n) is 17.6. The fourth-order valence-electron chi connectivity index (χ4n) is 5.31. The van der Waals surface area contributed by atoms with E-state index in [1.807, 2.05) is 35.2 Å². The molecule has 2 saturated heterocycles. The molecule has 1 aliphatic carbocycles. The fourth-order valence-corrected chi connectivity index (χ4v) is 5.31. The maximum Gasteiger partial charge on any atom is 0.343 e. The zero-order valence-corrected chi connectivity index (χ0v) is 17.6. The summed E-state index contributed by atoms with van der Waals surface area (Å²) < 4.78 is 12.8. The quantitative estimate of drug-likeness (QED) is 0.693. The van der Waals surface area contributed by atoms with E-state index in [1.54, 1.807) is 11.5 Å². The highest BCUT2D eigenvalue weighted by Gasteiger charge is 2.52. The SMILES string of the molecule is CCOC(=O)c1cn2c(c(OCc3ccccc3)c1=O)C(=O)N1CC3CCC1(CC3)C2. The first-order valence-corrected chi connectivity index (χ1v) is 11.0. The van der Waals surface area contributed by atoms with E-state index in [-0.39, 0.29) is 41.7 Å². The van der Waals surface area contributed by atoms with Crippen LogP contribution in [-0.4, -0.2) is 40.0 Å². The van der Waals surface area contributed by atoms with Crippen LogP contribution in [0.25, 0.3) is 0 Å². The van der Waals surface area contributed by atoms with Crippen molar-refractivity contribution in [1.29, 1.82) is 0 Å². The summed E-state index contributed by atoms with van der Waals surface area (Å²) in [6.45, 7) is 3.29. The second kappa shape index (κ2) is 7.55. The summed E-state index contributed by atoms with van der Waals surface area (Å²) in [5, 5.41) is 0. The minimum absolute atomic E-state index is 0.0595. The van der Waals surface area contributed by atoms with Gasteiger partial charge in [0.05, 0.1) is 12.1 Å². The molecule has 1 saturated carbocycles. The van der Waals surface area contributed by atoms with Gasteiger partial charge < -0.3 is 18.9 Å². The van der Waals surface area contributed by atoms with Gasteiger partial charge in [0.25, 0.3) is 5.91 Å². The van der Waals surface area contributed by atoms with Gasteiger partial charge in [-0.2, -0.15) is 0 Å². The van der Waals surface area contributed by atoms with Crippen LogP contribution in [0.15, 0.2) is 41.3 Å². The number of hydrogen-bond acceptors (Lipinski definition) is 5. The maximum absolute atomic E-state index is 13.6. The molecule has 3 fully saturated rings. The van der Waals surface area contributed by atoms with Crippen molar-refractivity contribution in [2.24, 2.45) is 5.92 Å². The van der Waals surface area contributed by atoms with Crippen LogP contribution in [0.4, 0.5) is 0 Å². The molecule has 0 radical (unpaired) electrons. The molecule has 4 heterocycles. The van der Waals surface area contributed by atoms with Crippen LogP contribution in [0.3, 0.4) is 0 Å². The Hall–Kier alpha value is -3.09. The van der Waals surface area contributed by atoms with Gasteiger partial charge in [-0.3, -0.25) is 9.59 Å². The van der Waals surface area contributed by atoms with Crippen LogP contribution in [0.1, 0.15) is 59.0 Å². The molecule has 0 atom stereocenters. The molecule has 4 aliphatic rings. The van der Waals surface area contributed by atoms with Crippen LogP contribution in [0.5, 0.6) is 5.75 Å². The number of hydrogen-bond donors (Lipinski definition) is 0. The van der Waals surface area contributed by atoms with Gasteiger partial charge in [-0.25, -0.2) is 4.79 Å². The fraction of sp³-hybridized carbons (Fsp3) is 0.458. The third kappa shape index (κ3) is 3.23. The number of piperidine rings is 2. The van der Waals surface area contributed by atoms with E-state index >= 15 is 0 Å². The minimum Gasteiger partial charge on any atom is -0.483 e. The molecule has 3 aliphatic heterocycles. The van der Waals surface area contributed by atoms with Gasteiger partial charge in [0, 0.05) is 19.3 Å². The molecule has 2 bridgehead atoms. The molecule has 1 spiro atoms. The van der Waals surface area contributed by atoms with Crippen molar-refractivity contribution >= 4 is 11.9 Å². The molecule has 0 unspecified atom stereocenters. The number of benzene rings is 1. The third-order valence-electron chi connectivity index (χ3n) is 6.92. The van der Waals surface area contributed by atoms with Gasteiger partial charge >= 0.3 is 5.97 Å². The first-order chi connectivity index (χ1) is 15.0. The van der Waals surface area contributed by atoms with Crippen molar-refractivity contribution in [2.45, 2.75) is 51.3 Å². The number of carbonyl (C=O) groups excluding carboxylic acids is 2. The summed E-state index contributed by atoms with van der Waals surface area (Å²) in [5.41, 5.74) is 0.199. The molecule has 2 aromatic rings. The summed E-state index contributed by atoms with van der Waals surface area (Å²) in [4.78, 5) is 41.3. The lowest BCUT2D eigenvalue weighted by Crippen LogP contribution is -2.65. The lowest BCUT2D eigenvalue weighted by atomic mass is 9.69. The number of aromatic nitrogens is 1. The molecule has 1 aromatic carbocycles. The van der Waals surface area contributed by atoms with Crippen LogP contribution in [0.2, 0.25) is 0 Å². The Balaban J connectivity index is 1.61. The molecule has 31 heavy (non-hydrogen) atoms. The lowest BCUT2D eigenvalue weighted by Gasteiger charge is -2.57. The third-order valence-corrected chi connectivity index (χ3v) is 6.92. The predicted octanol–water partition coefficient (Wildman–Crippen LogP) is 3.00. The number of esters is 1. The normalized spacial score (nSPS) is 23.8. The van der Waals surface area contributed by atoms with Gasteiger partial charge in [0.15, 0.2) is 11.4 Å². The van der Waals surface area contributed by atoms with Crippen molar-refractivity contribution in [3.63, 3.8) is 0 Å². The first-order valence-electron chi connectivity index (χ1n) is 11.0. The van der Waals surface area contributed by atoms with Crippen molar-refractivity contribution in [3.05, 3.63) is 63.6 Å². The number of carbonyl (C=O) groups is 2. The average Bonchev–Trinajstić information content (AvgIpc) is 2.79. The van der Waals surface area contributed by atoms with E-state index in [4.69, 9.17) is 9.47 Å². The Morgan fingerprint density at radius 3 is 2.61 bits per heavy atom. The summed E-state index contributed by atoms with van der Waals surface area (Å²) >= 11 is 0. The number of nitrogens with zero attached hydrogens (tertiary/aromatic N) is 2. The molecule has 1 amide bonds. The Morgan fingerprint density at radius 1 is 1.16 bits per heavy atom. The van der Waals surface area contributed by atoms with Crippen molar-refractivity contribution < 1.29 is 19.1 Å².